The Bertz CT molecular complexity index is 2410. The molecule has 15 heteroatoms. The van der Waals surface area contributed by atoms with Gasteiger partial charge >= 0.3 is 0 Å². The Kier molecular flexibility index (Phi) is 12.0. The van der Waals surface area contributed by atoms with Crippen LogP contribution in [0.1, 0.15) is 64.3 Å². The van der Waals surface area contributed by atoms with Crippen molar-refractivity contribution in [2.24, 2.45) is 11.7 Å². The Balaban J connectivity index is 0.799. The number of carbonyl (C=O) groups is 4. The van der Waals surface area contributed by atoms with Crippen LogP contribution in [0, 0.1) is 11.7 Å². The second kappa shape index (κ2) is 17.9. The van der Waals surface area contributed by atoms with E-state index in [-0.39, 0.29) is 47.0 Å². The second-order valence-electron chi connectivity index (χ2n) is 15.6. The molecule has 0 spiro atoms. The molecule has 308 valence electrons. The number of carbonyl (C=O) groups excluding carboxylic acids is 4. The van der Waals surface area contributed by atoms with Gasteiger partial charge in [0.05, 0.1) is 12.1 Å². The van der Waals surface area contributed by atoms with Crippen LogP contribution < -0.4 is 31.9 Å². The van der Waals surface area contributed by atoms with Gasteiger partial charge in [0.1, 0.15) is 0 Å². The van der Waals surface area contributed by atoms with Crippen molar-refractivity contribution < 1.29 is 23.6 Å². The number of hydrogen-bond donors (Lipinski definition) is 5. The van der Waals surface area contributed by atoms with Crippen LogP contribution in [0.15, 0.2) is 97.2 Å². The number of amides is 4. The van der Waals surface area contributed by atoms with Crippen LogP contribution in [0.2, 0.25) is 5.02 Å². The number of halogens is 2. The van der Waals surface area contributed by atoms with Crippen LogP contribution in [-0.4, -0.2) is 77.3 Å². The number of nitrogens with one attached hydrogen (secondary N) is 4. The third-order valence-corrected chi connectivity index (χ3v) is 11.8. The Labute approximate surface area is 351 Å². The van der Waals surface area contributed by atoms with Crippen molar-refractivity contribution in [3.05, 3.63) is 125 Å². The average molecular weight is 830 g/mol. The van der Waals surface area contributed by atoms with Crippen molar-refractivity contribution in [2.45, 2.75) is 44.1 Å². The molecule has 3 aliphatic heterocycles. The summed E-state index contributed by atoms with van der Waals surface area (Å²) in [5, 5.41) is 12.1. The zero-order chi connectivity index (χ0) is 41.8. The van der Waals surface area contributed by atoms with E-state index in [9.17, 15) is 23.6 Å². The Hall–Kier alpha value is -6.38. The van der Waals surface area contributed by atoms with Crippen LogP contribution in [0.5, 0.6) is 0 Å². The van der Waals surface area contributed by atoms with Gasteiger partial charge in [-0.1, -0.05) is 41.9 Å². The number of piperidine rings is 2. The fraction of sp³-hybridized carbons (Fsp3) is 0.289. The Morgan fingerprint density at radius 2 is 1.62 bits per heavy atom. The first-order chi connectivity index (χ1) is 29.1. The molecule has 13 nitrogen and oxygen atoms in total. The van der Waals surface area contributed by atoms with E-state index in [0.29, 0.717) is 51.8 Å². The minimum Gasteiger partial charge on any atom is -0.371 e. The number of nitrogens with two attached hydrogens (primary N) is 1. The van der Waals surface area contributed by atoms with Crippen LogP contribution in [0.4, 0.5) is 33.2 Å². The van der Waals surface area contributed by atoms with Gasteiger partial charge in [-0.2, -0.15) is 4.98 Å². The molecule has 4 amide bonds. The monoisotopic (exact) mass is 829 g/mol. The molecule has 3 saturated heterocycles. The molecule has 2 atom stereocenters. The topological polar surface area (TPSA) is 175 Å². The van der Waals surface area contributed by atoms with E-state index < -0.39 is 11.7 Å². The number of benzene rings is 4. The molecule has 0 radical (unpaired) electrons. The normalized spacial score (nSPS) is 18.5. The third-order valence-electron chi connectivity index (χ3n) is 11.5. The predicted molar refractivity (Wildman–Crippen MR) is 229 cm³/mol. The fourth-order valence-corrected chi connectivity index (χ4v) is 8.50. The van der Waals surface area contributed by atoms with Gasteiger partial charge in [0.2, 0.25) is 23.7 Å². The predicted octanol–water partition coefficient (Wildman–Crippen LogP) is 6.76. The molecule has 4 heterocycles. The summed E-state index contributed by atoms with van der Waals surface area (Å²) in [4.78, 5) is 62.5. The van der Waals surface area contributed by atoms with Gasteiger partial charge < -0.3 is 31.5 Å². The fourth-order valence-electron chi connectivity index (χ4n) is 8.26. The van der Waals surface area contributed by atoms with E-state index in [2.05, 4.69) is 53.2 Å². The largest absolute Gasteiger partial charge is 0.371 e. The van der Waals surface area contributed by atoms with Crippen molar-refractivity contribution >= 4 is 64.1 Å². The highest BCUT2D eigenvalue weighted by molar-refractivity contribution is 6.33. The molecule has 2 unspecified atom stereocenters. The summed E-state index contributed by atoms with van der Waals surface area (Å²) >= 11 is 6.41. The second-order valence-corrected chi connectivity index (χ2v) is 16.0. The zero-order valence-corrected chi connectivity index (χ0v) is 33.6. The maximum absolute atomic E-state index is 14.9. The van der Waals surface area contributed by atoms with Crippen LogP contribution >= 0.6 is 11.6 Å². The van der Waals surface area contributed by atoms with Gasteiger partial charge in [0, 0.05) is 84.0 Å². The smallest absolute Gasteiger partial charge is 0.251 e. The first-order valence-corrected chi connectivity index (χ1v) is 20.5. The van der Waals surface area contributed by atoms with Crippen molar-refractivity contribution in [1.29, 1.82) is 0 Å². The molecular weight excluding hydrogens is 785 g/mol. The van der Waals surface area contributed by atoms with Gasteiger partial charge in [-0.3, -0.25) is 24.5 Å². The number of aromatic nitrogens is 2. The maximum atomic E-state index is 14.9. The van der Waals surface area contributed by atoms with E-state index in [4.69, 9.17) is 17.3 Å². The maximum Gasteiger partial charge on any atom is 0.251 e. The summed E-state index contributed by atoms with van der Waals surface area (Å²) in [6, 6.07) is 27.1. The first kappa shape index (κ1) is 40.4. The van der Waals surface area contributed by atoms with Crippen molar-refractivity contribution in [2.75, 3.05) is 48.3 Å². The number of nitrogens with zero attached hydrogens (tertiary/aromatic N) is 4. The Morgan fingerprint density at radius 1 is 0.867 bits per heavy atom. The minimum atomic E-state index is -0.686. The van der Waals surface area contributed by atoms with E-state index >= 15 is 0 Å². The standard InChI is InChI=1S/C45H45ClFN9O4/c46-38-4-2-1-3-35(38)37-23-32(11-14-36(37)41(48)58)50-42-39(47)24-49-45(54-42)52-30-9-5-29(6-10-30)43(59)51-31-18-20-55(21-19-31)25-27-17-22-56(26-27)33-12-7-28(8-13-33)34-15-16-40(57)53-44(34)60/h1-14,23-24,27,31,34H,15-22,25-26H2,(H2,48,58)(H,51,59)(H,53,57,60)(H2,49,50,52,54). The summed E-state index contributed by atoms with van der Waals surface area (Å²) in [7, 11) is 0. The summed E-state index contributed by atoms with van der Waals surface area (Å²) in [5.41, 5.74) is 10.7. The van der Waals surface area contributed by atoms with Gasteiger partial charge in [0.25, 0.3) is 5.91 Å². The highest BCUT2D eigenvalue weighted by atomic mass is 35.5. The van der Waals surface area contributed by atoms with E-state index in [1.807, 2.05) is 12.1 Å². The molecule has 5 aromatic rings. The molecule has 3 aliphatic rings. The van der Waals surface area contributed by atoms with Crippen molar-refractivity contribution in [3.8, 4) is 11.1 Å². The van der Waals surface area contributed by atoms with E-state index in [0.717, 1.165) is 69.4 Å². The number of primary amides is 1. The molecule has 6 N–H and O–H groups in total. The quantitative estimate of drug-likeness (QED) is 0.0846. The zero-order valence-electron chi connectivity index (χ0n) is 32.8. The molecule has 3 fully saturated rings. The molecule has 0 bridgehead atoms. The van der Waals surface area contributed by atoms with Crippen molar-refractivity contribution in [3.63, 3.8) is 0 Å². The lowest BCUT2D eigenvalue weighted by Crippen LogP contribution is -2.46. The van der Waals surface area contributed by atoms with Crippen LogP contribution in [0.25, 0.3) is 11.1 Å². The summed E-state index contributed by atoms with van der Waals surface area (Å²) in [6.07, 6.45) is 4.83. The lowest BCUT2D eigenvalue weighted by Gasteiger charge is -2.34. The number of likely N-dealkylation sites (tertiary alicyclic amines) is 1. The highest BCUT2D eigenvalue weighted by Gasteiger charge is 2.30. The van der Waals surface area contributed by atoms with E-state index in [1.165, 1.54) is 0 Å². The Morgan fingerprint density at radius 3 is 2.35 bits per heavy atom. The molecule has 4 aromatic carbocycles. The molecular formula is C45H45ClFN9O4. The summed E-state index contributed by atoms with van der Waals surface area (Å²) in [5.74, 6) is -1.54. The van der Waals surface area contributed by atoms with Gasteiger partial charge in [-0.05, 0) is 103 Å². The minimum absolute atomic E-state index is 0.0841. The molecule has 8 rings (SSSR count). The summed E-state index contributed by atoms with van der Waals surface area (Å²) < 4.78 is 14.9. The van der Waals surface area contributed by atoms with Gasteiger partial charge in [-0.15, -0.1) is 0 Å². The number of hydrogen-bond acceptors (Lipinski definition) is 10. The molecule has 0 aliphatic carbocycles. The number of anilines is 5. The lowest BCUT2D eigenvalue weighted by atomic mass is 9.90. The first-order valence-electron chi connectivity index (χ1n) is 20.1. The molecule has 1 aromatic heterocycles. The highest BCUT2D eigenvalue weighted by Crippen LogP contribution is 2.34. The summed E-state index contributed by atoms with van der Waals surface area (Å²) in [6.45, 7) is 4.82. The average Bonchev–Trinajstić information content (AvgIpc) is 3.71. The van der Waals surface area contributed by atoms with Crippen molar-refractivity contribution in [1.82, 2.24) is 25.5 Å². The molecule has 60 heavy (non-hydrogen) atoms. The molecule has 0 saturated carbocycles. The van der Waals surface area contributed by atoms with Gasteiger partial charge in [-0.25, -0.2) is 9.37 Å². The third kappa shape index (κ3) is 9.40. The lowest BCUT2D eigenvalue weighted by molar-refractivity contribution is -0.134. The van der Waals surface area contributed by atoms with Crippen LogP contribution in [-0.2, 0) is 9.59 Å². The SMILES string of the molecule is NC(=O)c1ccc(Nc2nc(Nc3ccc(C(=O)NC4CCN(CC5CCN(c6ccc(C7CCC(=O)NC7=O)cc6)C5)CC4)cc3)ncc2F)cc1-c1ccccc1Cl. The number of rotatable bonds is 12. The number of imide groups is 1. The van der Waals surface area contributed by atoms with Gasteiger partial charge in [0.15, 0.2) is 11.6 Å². The van der Waals surface area contributed by atoms with Crippen LogP contribution in [0.3, 0.4) is 0 Å². The van der Waals surface area contributed by atoms with E-state index in [1.54, 1.807) is 66.7 Å².